The van der Waals surface area contributed by atoms with Crippen molar-refractivity contribution in [3.8, 4) is 0 Å². The highest BCUT2D eigenvalue weighted by molar-refractivity contribution is 9.10. The molecule has 0 bridgehead atoms. The smallest absolute Gasteiger partial charge is 0.155 e. The molecule has 1 aromatic heterocycles. The number of aromatic nitrogens is 3. The summed E-state index contributed by atoms with van der Waals surface area (Å²) in [6.07, 6.45) is 1.62. The lowest BCUT2D eigenvalue weighted by molar-refractivity contribution is 0.808. The highest BCUT2D eigenvalue weighted by atomic mass is 79.9. The molecule has 0 spiro atoms. The van der Waals surface area contributed by atoms with Crippen LogP contribution in [0.3, 0.4) is 0 Å². The number of aryl methyl sites for hydroxylation is 1. The van der Waals surface area contributed by atoms with Gasteiger partial charge in [0.25, 0.3) is 0 Å². The van der Waals surface area contributed by atoms with E-state index in [2.05, 4.69) is 26.1 Å². The van der Waals surface area contributed by atoms with Crippen LogP contribution in [-0.2, 0) is 7.05 Å². The van der Waals surface area contributed by atoms with Gasteiger partial charge >= 0.3 is 0 Å². The molecule has 6 heteroatoms. The molecule has 0 saturated carbocycles. The average molecular weight is 321 g/mol. The van der Waals surface area contributed by atoms with Crippen LogP contribution in [-0.4, -0.2) is 14.8 Å². The van der Waals surface area contributed by atoms with Gasteiger partial charge in [-0.25, -0.2) is 0 Å². The molecular formula is C10H8BrCl2N3. The van der Waals surface area contributed by atoms with Crippen molar-refractivity contribution in [3.63, 3.8) is 0 Å². The lowest BCUT2D eigenvalue weighted by atomic mass is 10.1. The molecular weight excluding hydrogens is 313 g/mol. The van der Waals surface area contributed by atoms with E-state index < -0.39 is 0 Å². The summed E-state index contributed by atoms with van der Waals surface area (Å²) in [6.45, 7) is 0. The SMILES string of the molecule is Cn1cnnc1C(Cl)c1cc(Cl)cc(Br)c1. The fourth-order valence-corrected chi connectivity index (χ4v) is 2.60. The molecule has 1 unspecified atom stereocenters. The number of halogens is 3. The fraction of sp³-hybridized carbons (Fsp3) is 0.200. The van der Waals surface area contributed by atoms with Crippen LogP contribution in [0.2, 0.25) is 5.02 Å². The minimum Gasteiger partial charge on any atom is -0.319 e. The number of rotatable bonds is 2. The van der Waals surface area contributed by atoms with Crippen LogP contribution < -0.4 is 0 Å². The molecule has 2 rings (SSSR count). The van der Waals surface area contributed by atoms with Gasteiger partial charge in [0.05, 0.1) is 0 Å². The molecule has 0 aliphatic carbocycles. The van der Waals surface area contributed by atoms with Gasteiger partial charge in [-0.2, -0.15) is 0 Å². The number of hydrogen-bond donors (Lipinski definition) is 0. The van der Waals surface area contributed by atoms with Crippen molar-refractivity contribution in [1.29, 1.82) is 0 Å². The number of benzene rings is 1. The van der Waals surface area contributed by atoms with Gasteiger partial charge in [-0.1, -0.05) is 27.5 Å². The first-order chi connectivity index (χ1) is 7.58. The predicted octanol–water partition coefficient (Wildman–Crippen LogP) is 3.56. The van der Waals surface area contributed by atoms with E-state index in [1.54, 1.807) is 10.9 Å². The number of nitrogens with zero attached hydrogens (tertiary/aromatic N) is 3. The summed E-state index contributed by atoms with van der Waals surface area (Å²) in [7, 11) is 1.85. The fourth-order valence-electron chi connectivity index (χ4n) is 1.39. The van der Waals surface area contributed by atoms with Gasteiger partial charge in [-0.05, 0) is 23.8 Å². The second-order valence-electron chi connectivity index (χ2n) is 3.37. The Hall–Kier alpha value is -0.580. The van der Waals surface area contributed by atoms with E-state index >= 15 is 0 Å². The summed E-state index contributed by atoms with van der Waals surface area (Å²) in [5.41, 5.74) is 0.886. The third-order valence-electron chi connectivity index (χ3n) is 2.15. The standard InChI is InChI=1S/C10H8BrCl2N3/c1-16-5-14-15-10(16)9(13)6-2-7(11)4-8(12)3-6/h2-5,9H,1H3. The van der Waals surface area contributed by atoms with Crippen molar-refractivity contribution in [2.45, 2.75) is 5.38 Å². The Bertz CT molecular complexity index is 492. The molecule has 3 nitrogen and oxygen atoms in total. The minimum atomic E-state index is -0.359. The van der Waals surface area contributed by atoms with Crippen molar-refractivity contribution in [3.05, 3.63) is 45.4 Å². The Labute approximate surface area is 112 Å². The molecule has 0 radical (unpaired) electrons. The monoisotopic (exact) mass is 319 g/mol. The summed E-state index contributed by atoms with van der Waals surface area (Å²) in [5.74, 6) is 0.691. The maximum atomic E-state index is 6.32. The predicted molar refractivity (Wildman–Crippen MR) is 67.9 cm³/mol. The Kier molecular flexibility index (Phi) is 3.52. The van der Waals surface area contributed by atoms with E-state index in [0.29, 0.717) is 10.8 Å². The van der Waals surface area contributed by atoms with Crippen LogP contribution in [0.1, 0.15) is 16.8 Å². The van der Waals surface area contributed by atoms with E-state index in [4.69, 9.17) is 23.2 Å². The van der Waals surface area contributed by atoms with E-state index in [1.807, 2.05) is 25.2 Å². The number of hydrogen-bond acceptors (Lipinski definition) is 2. The van der Waals surface area contributed by atoms with Gasteiger partial charge in [0.15, 0.2) is 5.82 Å². The van der Waals surface area contributed by atoms with Gasteiger partial charge < -0.3 is 4.57 Å². The van der Waals surface area contributed by atoms with Crippen LogP contribution >= 0.6 is 39.1 Å². The van der Waals surface area contributed by atoms with Crippen molar-refractivity contribution in [2.24, 2.45) is 7.05 Å². The molecule has 0 saturated heterocycles. The topological polar surface area (TPSA) is 30.7 Å². The first kappa shape index (κ1) is 11.9. The van der Waals surface area contributed by atoms with Gasteiger partial charge in [0.2, 0.25) is 0 Å². The summed E-state index contributed by atoms with van der Waals surface area (Å²) < 4.78 is 2.68. The molecule has 0 amide bonds. The largest absolute Gasteiger partial charge is 0.319 e. The molecule has 2 aromatic rings. The average Bonchev–Trinajstić information content (AvgIpc) is 2.62. The van der Waals surface area contributed by atoms with Gasteiger partial charge in [-0.15, -0.1) is 21.8 Å². The highest BCUT2D eigenvalue weighted by Crippen LogP contribution is 2.31. The third kappa shape index (κ3) is 2.39. The quantitative estimate of drug-likeness (QED) is 0.792. The second-order valence-corrected chi connectivity index (χ2v) is 5.15. The van der Waals surface area contributed by atoms with Crippen LogP contribution in [0.15, 0.2) is 29.0 Å². The van der Waals surface area contributed by atoms with Crippen molar-refractivity contribution < 1.29 is 0 Å². The van der Waals surface area contributed by atoms with Crippen LogP contribution in [0.4, 0.5) is 0 Å². The zero-order valence-corrected chi connectivity index (χ0v) is 11.5. The number of alkyl halides is 1. The van der Waals surface area contributed by atoms with Crippen LogP contribution in [0.5, 0.6) is 0 Å². The van der Waals surface area contributed by atoms with Crippen molar-refractivity contribution in [1.82, 2.24) is 14.8 Å². The summed E-state index contributed by atoms with van der Waals surface area (Å²) in [6, 6.07) is 5.54. The maximum Gasteiger partial charge on any atom is 0.155 e. The van der Waals surface area contributed by atoms with Crippen molar-refractivity contribution >= 4 is 39.1 Å². The lowest BCUT2D eigenvalue weighted by Gasteiger charge is -2.09. The first-order valence-electron chi connectivity index (χ1n) is 4.52. The summed E-state index contributed by atoms with van der Waals surface area (Å²) in [4.78, 5) is 0. The Morgan fingerprint density at radius 2 is 2.12 bits per heavy atom. The van der Waals surface area contributed by atoms with Gasteiger partial charge in [-0.3, -0.25) is 0 Å². The van der Waals surface area contributed by atoms with E-state index in [1.165, 1.54) is 0 Å². The molecule has 16 heavy (non-hydrogen) atoms. The first-order valence-corrected chi connectivity index (χ1v) is 6.12. The van der Waals surface area contributed by atoms with Gasteiger partial charge in [0.1, 0.15) is 11.7 Å². The molecule has 84 valence electrons. The zero-order chi connectivity index (χ0) is 11.7. The van der Waals surface area contributed by atoms with Crippen molar-refractivity contribution in [2.75, 3.05) is 0 Å². The Morgan fingerprint density at radius 1 is 1.38 bits per heavy atom. The Balaban J connectivity index is 2.41. The minimum absolute atomic E-state index is 0.359. The molecule has 1 atom stereocenters. The molecule has 0 fully saturated rings. The summed E-state index contributed by atoms with van der Waals surface area (Å²) in [5, 5.41) is 8.05. The molecule has 0 aliphatic heterocycles. The van der Waals surface area contributed by atoms with Crippen LogP contribution in [0, 0.1) is 0 Å². The van der Waals surface area contributed by atoms with Crippen LogP contribution in [0.25, 0.3) is 0 Å². The zero-order valence-electron chi connectivity index (χ0n) is 8.36. The highest BCUT2D eigenvalue weighted by Gasteiger charge is 2.16. The molecule has 0 N–H and O–H groups in total. The maximum absolute atomic E-state index is 6.32. The molecule has 1 heterocycles. The van der Waals surface area contributed by atoms with E-state index in [0.717, 1.165) is 10.0 Å². The second kappa shape index (κ2) is 4.73. The normalized spacial score (nSPS) is 12.8. The third-order valence-corrected chi connectivity index (χ3v) is 3.27. The Morgan fingerprint density at radius 3 is 2.69 bits per heavy atom. The summed E-state index contributed by atoms with van der Waals surface area (Å²) >= 11 is 15.7. The molecule has 0 aliphatic rings. The van der Waals surface area contributed by atoms with E-state index in [-0.39, 0.29) is 5.38 Å². The lowest BCUT2D eigenvalue weighted by Crippen LogP contribution is -2.02. The molecule has 1 aromatic carbocycles. The van der Waals surface area contributed by atoms with Gasteiger partial charge in [0, 0.05) is 16.5 Å². The van der Waals surface area contributed by atoms with E-state index in [9.17, 15) is 0 Å².